The summed E-state index contributed by atoms with van der Waals surface area (Å²) in [6, 6.07) is 1.31. The largest absolute Gasteiger partial charge is 0.478 e. The minimum absolute atomic E-state index is 0.199. The van der Waals surface area contributed by atoms with Crippen LogP contribution in [0.15, 0.2) is 12.3 Å². The predicted octanol–water partition coefficient (Wildman–Crippen LogP) is 1.59. The number of amides is 1. The van der Waals surface area contributed by atoms with Crippen LogP contribution in [-0.2, 0) is 4.79 Å². The molecule has 0 spiro atoms. The summed E-state index contributed by atoms with van der Waals surface area (Å²) in [4.78, 5) is 24.9. The maximum Gasteiger partial charge on any atom is 0.471 e. The van der Waals surface area contributed by atoms with Gasteiger partial charge in [0.1, 0.15) is 11.4 Å². The molecule has 5 nitrogen and oxygen atoms in total. The lowest BCUT2D eigenvalue weighted by atomic mass is 10.1. The molecule has 17 heavy (non-hydrogen) atoms. The van der Waals surface area contributed by atoms with Crippen LogP contribution in [0.1, 0.15) is 15.9 Å². The lowest BCUT2D eigenvalue weighted by molar-refractivity contribution is -0.167. The minimum atomic E-state index is -5.10. The predicted molar refractivity (Wildman–Crippen MR) is 50.6 cm³/mol. The molecule has 0 atom stereocenters. The zero-order chi connectivity index (χ0) is 13.2. The molecule has 0 saturated heterocycles. The summed E-state index contributed by atoms with van der Waals surface area (Å²) >= 11 is 0. The van der Waals surface area contributed by atoms with E-state index in [0.717, 1.165) is 6.20 Å². The molecule has 1 aromatic rings. The van der Waals surface area contributed by atoms with E-state index in [0.29, 0.717) is 0 Å². The second kappa shape index (κ2) is 4.40. The van der Waals surface area contributed by atoms with Crippen molar-refractivity contribution < 1.29 is 27.9 Å². The first-order valence-corrected chi connectivity index (χ1v) is 4.30. The number of anilines is 1. The van der Waals surface area contributed by atoms with Gasteiger partial charge in [0, 0.05) is 6.20 Å². The minimum Gasteiger partial charge on any atom is -0.478 e. The number of nitrogens with zero attached hydrogens (tertiary/aromatic N) is 1. The maximum atomic E-state index is 12.0. The fourth-order valence-electron chi connectivity index (χ4n) is 1.10. The van der Waals surface area contributed by atoms with E-state index in [9.17, 15) is 22.8 Å². The van der Waals surface area contributed by atoms with Crippen molar-refractivity contribution in [3.05, 3.63) is 23.4 Å². The molecular weight excluding hydrogens is 241 g/mol. The molecule has 0 saturated carbocycles. The number of hydrogen-bond acceptors (Lipinski definition) is 3. The summed E-state index contributed by atoms with van der Waals surface area (Å²) in [5.41, 5.74) is -0.268. The number of aryl methyl sites for hydroxylation is 1. The van der Waals surface area contributed by atoms with Crippen molar-refractivity contribution in [3.63, 3.8) is 0 Å². The van der Waals surface area contributed by atoms with Gasteiger partial charge in [0.2, 0.25) is 0 Å². The zero-order valence-electron chi connectivity index (χ0n) is 8.50. The second-order valence-electron chi connectivity index (χ2n) is 3.11. The highest BCUT2D eigenvalue weighted by Gasteiger charge is 2.39. The summed E-state index contributed by atoms with van der Waals surface area (Å²) in [5.74, 6) is -4.36. The van der Waals surface area contributed by atoms with Gasteiger partial charge in [-0.05, 0) is 18.6 Å². The highest BCUT2D eigenvalue weighted by molar-refractivity contribution is 6.01. The number of pyridine rings is 1. The van der Waals surface area contributed by atoms with Crippen molar-refractivity contribution in [2.24, 2.45) is 0 Å². The molecule has 0 aliphatic carbocycles. The fraction of sp³-hybridized carbons (Fsp3) is 0.222. The van der Waals surface area contributed by atoms with E-state index in [1.807, 2.05) is 0 Å². The molecule has 8 heteroatoms. The summed E-state index contributed by atoms with van der Waals surface area (Å²) in [5, 5.41) is 10.2. The van der Waals surface area contributed by atoms with Gasteiger partial charge in [-0.3, -0.25) is 4.79 Å². The molecular formula is C9H7F3N2O3. The van der Waals surface area contributed by atoms with Crippen LogP contribution in [0.3, 0.4) is 0 Å². The van der Waals surface area contributed by atoms with E-state index in [4.69, 9.17) is 5.11 Å². The van der Waals surface area contributed by atoms with Gasteiger partial charge >= 0.3 is 18.1 Å². The second-order valence-corrected chi connectivity index (χ2v) is 3.11. The van der Waals surface area contributed by atoms with E-state index in [2.05, 4.69) is 4.98 Å². The fourth-order valence-corrected chi connectivity index (χ4v) is 1.10. The number of rotatable bonds is 2. The quantitative estimate of drug-likeness (QED) is 0.832. The Labute approximate surface area is 93.3 Å². The Morgan fingerprint density at radius 3 is 2.47 bits per heavy atom. The van der Waals surface area contributed by atoms with Crippen LogP contribution in [0.25, 0.3) is 0 Å². The van der Waals surface area contributed by atoms with Crippen molar-refractivity contribution in [1.29, 1.82) is 0 Å². The van der Waals surface area contributed by atoms with Crippen molar-refractivity contribution in [3.8, 4) is 0 Å². The van der Waals surface area contributed by atoms with Crippen LogP contribution >= 0.6 is 0 Å². The maximum absolute atomic E-state index is 12.0. The average molecular weight is 248 g/mol. The zero-order valence-corrected chi connectivity index (χ0v) is 8.50. The Kier molecular flexibility index (Phi) is 3.35. The van der Waals surface area contributed by atoms with Gasteiger partial charge in [-0.1, -0.05) is 0 Å². The van der Waals surface area contributed by atoms with Crippen LogP contribution in [0.4, 0.5) is 19.0 Å². The molecule has 0 aromatic carbocycles. The molecule has 0 aliphatic rings. The number of carbonyl (C=O) groups is 2. The number of alkyl halides is 3. The van der Waals surface area contributed by atoms with Crippen molar-refractivity contribution in [2.45, 2.75) is 13.1 Å². The number of aromatic carboxylic acids is 1. The standard InChI is InChI=1S/C9H7F3N2O3/c1-4-2-3-13-6(5(4)7(15)16)14-8(17)9(10,11)12/h2-3H,1H3,(H,15,16)(H,13,14,17). The average Bonchev–Trinajstić information content (AvgIpc) is 2.15. The number of aromatic nitrogens is 1. The number of carboxylic acid groups (broad SMARTS) is 1. The van der Waals surface area contributed by atoms with E-state index in [1.165, 1.54) is 18.3 Å². The van der Waals surface area contributed by atoms with Gasteiger partial charge in [-0.15, -0.1) is 0 Å². The lowest BCUT2D eigenvalue weighted by Crippen LogP contribution is -2.31. The van der Waals surface area contributed by atoms with Crippen molar-refractivity contribution in [1.82, 2.24) is 4.98 Å². The van der Waals surface area contributed by atoms with Gasteiger partial charge < -0.3 is 10.4 Å². The summed E-state index contributed by atoms with van der Waals surface area (Å²) in [6.45, 7) is 1.38. The smallest absolute Gasteiger partial charge is 0.471 e. The van der Waals surface area contributed by atoms with Gasteiger partial charge in [0.25, 0.3) is 0 Å². The normalized spacial score (nSPS) is 11.1. The van der Waals surface area contributed by atoms with Crippen molar-refractivity contribution >= 4 is 17.7 Å². The molecule has 0 fully saturated rings. The number of halogens is 3. The van der Waals surface area contributed by atoms with Crippen molar-refractivity contribution in [2.75, 3.05) is 5.32 Å². The first kappa shape index (κ1) is 12.9. The molecule has 1 rings (SSSR count). The van der Waals surface area contributed by atoms with Gasteiger partial charge in [-0.2, -0.15) is 13.2 Å². The lowest BCUT2D eigenvalue weighted by Gasteiger charge is -2.10. The Balaban J connectivity index is 3.12. The number of hydrogen-bond donors (Lipinski definition) is 2. The van der Waals surface area contributed by atoms with E-state index in [-0.39, 0.29) is 5.56 Å². The Hall–Kier alpha value is -2.12. The molecule has 1 heterocycles. The third kappa shape index (κ3) is 2.92. The first-order valence-electron chi connectivity index (χ1n) is 4.30. The van der Waals surface area contributed by atoms with Gasteiger partial charge in [0.15, 0.2) is 0 Å². The van der Waals surface area contributed by atoms with E-state index in [1.54, 1.807) is 0 Å². The number of carbonyl (C=O) groups excluding carboxylic acids is 1. The third-order valence-corrected chi connectivity index (χ3v) is 1.86. The van der Waals surface area contributed by atoms with Crippen LogP contribution in [0.5, 0.6) is 0 Å². The van der Waals surface area contributed by atoms with Crippen LogP contribution < -0.4 is 5.32 Å². The van der Waals surface area contributed by atoms with Crippen LogP contribution in [0.2, 0.25) is 0 Å². The van der Waals surface area contributed by atoms with Crippen LogP contribution in [-0.4, -0.2) is 28.1 Å². The SMILES string of the molecule is Cc1ccnc(NC(=O)C(F)(F)F)c1C(=O)O. The molecule has 0 bridgehead atoms. The Bertz CT molecular complexity index is 471. The number of nitrogens with one attached hydrogen (secondary N) is 1. The van der Waals surface area contributed by atoms with E-state index >= 15 is 0 Å². The van der Waals surface area contributed by atoms with E-state index < -0.39 is 29.4 Å². The molecule has 2 N–H and O–H groups in total. The molecule has 0 aliphatic heterocycles. The van der Waals surface area contributed by atoms with Gasteiger partial charge in [0.05, 0.1) is 0 Å². The molecule has 1 aromatic heterocycles. The first-order chi connectivity index (χ1) is 7.73. The number of carboxylic acids is 1. The highest BCUT2D eigenvalue weighted by Crippen LogP contribution is 2.21. The molecule has 0 radical (unpaired) electrons. The van der Waals surface area contributed by atoms with Crippen LogP contribution in [0, 0.1) is 6.92 Å². The Morgan fingerprint density at radius 2 is 2.00 bits per heavy atom. The molecule has 0 unspecified atom stereocenters. The summed E-state index contributed by atoms with van der Waals surface area (Å²) in [6.07, 6.45) is -3.99. The summed E-state index contributed by atoms with van der Waals surface area (Å²) < 4.78 is 35.9. The molecule has 1 amide bonds. The highest BCUT2D eigenvalue weighted by atomic mass is 19.4. The van der Waals surface area contributed by atoms with Gasteiger partial charge in [-0.25, -0.2) is 9.78 Å². The Morgan fingerprint density at radius 1 is 1.41 bits per heavy atom. The molecule has 92 valence electrons. The third-order valence-electron chi connectivity index (χ3n) is 1.86. The topological polar surface area (TPSA) is 79.3 Å². The summed E-state index contributed by atoms with van der Waals surface area (Å²) in [7, 11) is 0. The monoisotopic (exact) mass is 248 g/mol.